The molecule has 0 radical (unpaired) electrons. The Morgan fingerprint density at radius 3 is 1.95 bits per heavy atom. The Hall–Kier alpha value is -2.23. The van der Waals surface area contributed by atoms with Gasteiger partial charge in [-0.2, -0.15) is 0 Å². The van der Waals surface area contributed by atoms with Crippen LogP contribution in [0.4, 0.5) is 13.2 Å². The molecule has 0 bridgehead atoms. The van der Waals surface area contributed by atoms with Crippen LogP contribution < -0.4 is 4.74 Å². The molecule has 0 saturated carbocycles. The summed E-state index contributed by atoms with van der Waals surface area (Å²) in [6, 6.07) is 13.9. The number of halogens is 3. The molecular formula is C18H17F3O. The highest BCUT2D eigenvalue weighted by Gasteiger charge is 2.30. The van der Waals surface area contributed by atoms with Gasteiger partial charge >= 0.3 is 6.36 Å². The van der Waals surface area contributed by atoms with Crippen LogP contribution in [0.25, 0.3) is 11.1 Å². The Kier molecular flexibility index (Phi) is 5.26. The summed E-state index contributed by atoms with van der Waals surface area (Å²) in [5.74, 6) is -0.209. The Labute approximate surface area is 128 Å². The van der Waals surface area contributed by atoms with E-state index in [0.717, 1.165) is 24.0 Å². The number of rotatable bonds is 5. The van der Waals surface area contributed by atoms with Gasteiger partial charge in [-0.15, -0.1) is 13.2 Å². The molecule has 0 atom stereocenters. The van der Waals surface area contributed by atoms with Crippen LogP contribution in [0, 0.1) is 0 Å². The molecule has 0 aliphatic carbocycles. The molecule has 0 aliphatic heterocycles. The number of benzene rings is 2. The van der Waals surface area contributed by atoms with Crippen LogP contribution in [-0.2, 0) is 6.42 Å². The molecule has 0 heterocycles. The van der Waals surface area contributed by atoms with Crippen molar-refractivity contribution < 1.29 is 17.9 Å². The second-order valence-electron chi connectivity index (χ2n) is 4.88. The van der Waals surface area contributed by atoms with Crippen molar-refractivity contribution in [1.82, 2.24) is 0 Å². The number of hydrogen-bond donors (Lipinski definition) is 0. The van der Waals surface area contributed by atoms with Crippen molar-refractivity contribution in [2.45, 2.75) is 26.1 Å². The fourth-order valence-electron chi connectivity index (χ4n) is 2.13. The van der Waals surface area contributed by atoms with Gasteiger partial charge in [-0.1, -0.05) is 48.6 Å². The van der Waals surface area contributed by atoms with Crippen molar-refractivity contribution in [2.24, 2.45) is 0 Å². The highest BCUT2D eigenvalue weighted by Crippen LogP contribution is 2.26. The second-order valence-corrected chi connectivity index (χ2v) is 4.88. The van der Waals surface area contributed by atoms with Gasteiger partial charge in [0.15, 0.2) is 0 Å². The molecule has 116 valence electrons. The number of alkyl halides is 3. The van der Waals surface area contributed by atoms with Crippen molar-refractivity contribution in [1.29, 1.82) is 0 Å². The largest absolute Gasteiger partial charge is 0.573 e. The quantitative estimate of drug-likeness (QED) is 0.638. The summed E-state index contributed by atoms with van der Waals surface area (Å²) in [5.41, 5.74) is 3.06. The molecule has 1 nitrogen and oxygen atoms in total. The molecule has 2 aromatic rings. The van der Waals surface area contributed by atoms with Gasteiger partial charge in [0.25, 0.3) is 0 Å². The molecular weight excluding hydrogens is 289 g/mol. The minimum atomic E-state index is -4.66. The van der Waals surface area contributed by atoms with Crippen LogP contribution >= 0.6 is 0 Å². The van der Waals surface area contributed by atoms with Crippen molar-refractivity contribution in [3.63, 3.8) is 0 Å². The number of allylic oxidation sites excluding steroid dienone is 2. The molecule has 0 N–H and O–H groups in total. The minimum Gasteiger partial charge on any atom is -0.406 e. The van der Waals surface area contributed by atoms with E-state index in [1.165, 1.54) is 17.7 Å². The zero-order valence-electron chi connectivity index (χ0n) is 12.2. The predicted molar refractivity (Wildman–Crippen MR) is 81.7 cm³/mol. The van der Waals surface area contributed by atoms with E-state index in [-0.39, 0.29) is 5.75 Å². The van der Waals surface area contributed by atoms with E-state index in [1.54, 1.807) is 12.1 Å². The molecule has 2 aromatic carbocycles. The van der Waals surface area contributed by atoms with E-state index >= 15 is 0 Å². The summed E-state index contributed by atoms with van der Waals surface area (Å²) in [6.45, 7) is 2.00. The topological polar surface area (TPSA) is 9.23 Å². The van der Waals surface area contributed by atoms with Crippen LogP contribution in [0.2, 0.25) is 0 Å². The van der Waals surface area contributed by atoms with Gasteiger partial charge in [0.05, 0.1) is 0 Å². The van der Waals surface area contributed by atoms with Crippen molar-refractivity contribution >= 4 is 0 Å². The molecule has 2 rings (SSSR count). The average molecular weight is 306 g/mol. The molecule has 22 heavy (non-hydrogen) atoms. The van der Waals surface area contributed by atoms with Gasteiger partial charge in [-0.25, -0.2) is 0 Å². The van der Waals surface area contributed by atoms with Crippen LogP contribution in [0.5, 0.6) is 5.75 Å². The van der Waals surface area contributed by atoms with Gasteiger partial charge in [-0.05, 0) is 48.6 Å². The van der Waals surface area contributed by atoms with Crippen molar-refractivity contribution in [3.8, 4) is 16.9 Å². The number of hydrogen-bond acceptors (Lipinski definition) is 1. The van der Waals surface area contributed by atoms with Gasteiger partial charge in [0.1, 0.15) is 5.75 Å². The third-order valence-electron chi connectivity index (χ3n) is 3.21. The molecule has 4 heteroatoms. The van der Waals surface area contributed by atoms with Crippen molar-refractivity contribution in [2.75, 3.05) is 0 Å². The Balaban J connectivity index is 2.05. The lowest BCUT2D eigenvalue weighted by Gasteiger charge is -2.09. The summed E-state index contributed by atoms with van der Waals surface area (Å²) in [6.07, 6.45) is 1.46. The number of aryl methyl sites for hydroxylation is 1. The highest BCUT2D eigenvalue weighted by atomic mass is 19.4. The zero-order chi connectivity index (χ0) is 16.0. The van der Waals surface area contributed by atoms with Gasteiger partial charge in [0, 0.05) is 0 Å². The second kappa shape index (κ2) is 7.16. The first-order chi connectivity index (χ1) is 10.5. The standard InChI is InChI=1S/C18H17F3O/c1-2-3-4-5-14-6-8-15(9-7-14)16-10-12-17(13-11-16)22-18(19,20)21/h2-3,6-13H,4-5H2,1H3. The normalized spacial score (nSPS) is 11.8. The first-order valence-electron chi connectivity index (χ1n) is 7.04. The van der Waals surface area contributed by atoms with E-state index in [2.05, 4.69) is 10.8 Å². The van der Waals surface area contributed by atoms with Gasteiger partial charge < -0.3 is 4.74 Å². The van der Waals surface area contributed by atoms with Gasteiger partial charge in [0.2, 0.25) is 0 Å². The smallest absolute Gasteiger partial charge is 0.406 e. The highest BCUT2D eigenvalue weighted by molar-refractivity contribution is 5.64. The monoisotopic (exact) mass is 306 g/mol. The molecule has 0 unspecified atom stereocenters. The van der Waals surface area contributed by atoms with E-state index in [1.807, 2.05) is 37.3 Å². The minimum absolute atomic E-state index is 0.209. The molecule has 0 amide bonds. The summed E-state index contributed by atoms with van der Waals surface area (Å²) in [4.78, 5) is 0. The lowest BCUT2D eigenvalue weighted by atomic mass is 10.0. The Bertz CT molecular complexity index is 610. The third kappa shape index (κ3) is 4.95. The van der Waals surface area contributed by atoms with Crippen LogP contribution in [0.3, 0.4) is 0 Å². The summed E-state index contributed by atoms with van der Waals surface area (Å²) < 4.78 is 40.2. The SMILES string of the molecule is CC=CCCc1ccc(-c2ccc(OC(F)(F)F)cc2)cc1. The van der Waals surface area contributed by atoms with E-state index in [4.69, 9.17) is 0 Å². The maximum absolute atomic E-state index is 12.1. The fourth-order valence-corrected chi connectivity index (χ4v) is 2.13. The van der Waals surface area contributed by atoms with E-state index < -0.39 is 6.36 Å². The zero-order valence-corrected chi connectivity index (χ0v) is 12.2. The van der Waals surface area contributed by atoms with E-state index in [0.29, 0.717) is 0 Å². The summed E-state index contributed by atoms with van der Waals surface area (Å²) in [7, 11) is 0. The Morgan fingerprint density at radius 2 is 1.45 bits per heavy atom. The third-order valence-corrected chi connectivity index (χ3v) is 3.21. The van der Waals surface area contributed by atoms with E-state index in [9.17, 15) is 13.2 Å². The van der Waals surface area contributed by atoms with Crippen molar-refractivity contribution in [3.05, 3.63) is 66.2 Å². The maximum Gasteiger partial charge on any atom is 0.573 e. The van der Waals surface area contributed by atoms with Gasteiger partial charge in [-0.3, -0.25) is 0 Å². The summed E-state index contributed by atoms with van der Waals surface area (Å²) >= 11 is 0. The molecule has 0 fully saturated rings. The average Bonchev–Trinajstić information content (AvgIpc) is 2.48. The molecule has 0 aromatic heterocycles. The van der Waals surface area contributed by atoms with Crippen LogP contribution in [-0.4, -0.2) is 6.36 Å². The lowest BCUT2D eigenvalue weighted by Crippen LogP contribution is -2.16. The predicted octanol–water partition coefficient (Wildman–Crippen LogP) is 5.76. The maximum atomic E-state index is 12.1. The summed E-state index contributed by atoms with van der Waals surface area (Å²) in [5, 5.41) is 0. The first-order valence-corrected chi connectivity index (χ1v) is 7.04. The molecule has 0 aliphatic rings. The van der Waals surface area contributed by atoms with Crippen LogP contribution in [0.15, 0.2) is 60.7 Å². The lowest BCUT2D eigenvalue weighted by molar-refractivity contribution is -0.274. The Morgan fingerprint density at radius 1 is 0.909 bits per heavy atom. The number of ether oxygens (including phenoxy) is 1. The first kappa shape index (κ1) is 16.1. The fraction of sp³-hybridized carbons (Fsp3) is 0.222. The van der Waals surface area contributed by atoms with Crippen LogP contribution in [0.1, 0.15) is 18.9 Å². The molecule has 0 saturated heterocycles. The molecule has 0 spiro atoms.